The summed E-state index contributed by atoms with van der Waals surface area (Å²) in [5.74, 6) is 1.56. The SMILES string of the molecule is COc1ccccc1NC(=O)CSc1ccc(-c2nc3ccccc3[nH]2)cn1. The van der Waals surface area contributed by atoms with E-state index in [1.54, 1.807) is 19.4 Å². The Bertz CT molecular complexity index is 1080. The highest BCUT2D eigenvalue weighted by Crippen LogP contribution is 2.25. The van der Waals surface area contributed by atoms with Gasteiger partial charge in [-0.25, -0.2) is 9.97 Å². The van der Waals surface area contributed by atoms with Crippen LogP contribution in [0, 0.1) is 0 Å². The Morgan fingerprint density at radius 1 is 1.11 bits per heavy atom. The third-order valence-corrected chi connectivity index (χ3v) is 5.08. The fraction of sp³-hybridized carbons (Fsp3) is 0.0952. The highest BCUT2D eigenvalue weighted by atomic mass is 32.2. The largest absolute Gasteiger partial charge is 0.495 e. The van der Waals surface area contributed by atoms with Crippen LogP contribution in [0.4, 0.5) is 5.69 Å². The second-order valence-electron chi connectivity index (χ2n) is 6.02. The third-order valence-electron chi connectivity index (χ3n) is 4.13. The van der Waals surface area contributed by atoms with Crippen molar-refractivity contribution in [2.24, 2.45) is 0 Å². The van der Waals surface area contributed by atoms with E-state index in [0.717, 1.165) is 27.4 Å². The van der Waals surface area contributed by atoms with Gasteiger partial charge in [0.2, 0.25) is 5.91 Å². The first-order valence-electron chi connectivity index (χ1n) is 8.70. The number of carbonyl (C=O) groups excluding carboxylic acids is 1. The second kappa shape index (κ2) is 8.14. The third kappa shape index (κ3) is 3.99. The molecule has 7 heteroatoms. The molecule has 4 aromatic rings. The lowest BCUT2D eigenvalue weighted by Gasteiger charge is -2.09. The smallest absolute Gasteiger partial charge is 0.234 e. The fourth-order valence-electron chi connectivity index (χ4n) is 2.77. The Labute approximate surface area is 166 Å². The van der Waals surface area contributed by atoms with Crippen LogP contribution in [0.5, 0.6) is 5.75 Å². The number of ether oxygens (including phenoxy) is 1. The Balaban J connectivity index is 1.38. The number of aromatic amines is 1. The molecule has 0 bridgehead atoms. The fourth-order valence-corrected chi connectivity index (χ4v) is 3.41. The molecule has 0 unspecified atom stereocenters. The van der Waals surface area contributed by atoms with Gasteiger partial charge in [0.1, 0.15) is 11.6 Å². The second-order valence-corrected chi connectivity index (χ2v) is 7.02. The van der Waals surface area contributed by atoms with Gasteiger partial charge in [-0.2, -0.15) is 0 Å². The number of benzene rings is 2. The van der Waals surface area contributed by atoms with E-state index in [-0.39, 0.29) is 11.7 Å². The van der Waals surface area contributed by atoms with E-state index in [4.69, 9.17) is 4.74 Å². The van der Waals surface area contributed by atoms with E-state index >= 15 is 0 Å². The number of carbonyl (C=O) groups is 1. The van der Waals surface area contributed by atoms with Gasteiger partial charge in [-0.1, -0.05) is 36.0 Å². The monoisotopic (exact) mass is 390 g/mol. The first-order valence-corrected chi connectivity index (χ1v) is 9.68. The minimum atomic E-state index is -0.113. The lowest BCUT2D eigenvalue weighted by molar-refractivity contribution is -0.113. The van der Waals surface area contributed by atoms with Crippen molar-refractivity contribution in [1.29, 1.82) is 0 Å². The number of anilines is 1. The number of pyridine rings is 1. The molecule has 140 valence electrons. The average molecular weight is 390 g/mol. The summed E-state index contributed by atoms with van der Waals surface area (Å²) in [4.78, 5) is 24.5. The van der Waals surface area contributed by atoms with Crippen molar-refractivity contribution < 1.29 is 9.53 Å². The van der Waals surface area contributed by atoms with Gasteiger partial charge in [0.15, 0.2) is 0 Å². The Hall–Kier alpha value is -3.32. The number of fused-ring (bicyclic) bond motifs is 1. The molecule has 0 spiro atoms. The minimum absolute atomic E-state index is 0.113. The first-order chi connectivity index (χ1) is 13.7. The van der Waals surface area contributed by atoms with Crippen molar-refractivity contribution in [3.8, 4) is 17.1 Å². The molecule has 0 saturated heterocycles. The summed E-state index contributed by atoms with van der Waals surface area (Å²) in [5.41, 5.74) is 3.47. The van der Waals surface area contributed by atoms with Gasteiger partial charge in [-0.05, 0) is 36.4 Å². The summed E-state index contributed by atoms with van der Waals surface area (Å²) >= 11 is 1.38. The van der Waals surface area contributed by atoms with Gasteiger partial charge in [-0.15, -0.1) is 0 Å². The molecule has 0 atom stereocenters. The topological polar surface area (TPSA) is 79.9 Å². The van der Waals surface area contributed by atoms with Crippen LogP contribution in [0.3, 0.4) is 0 Å². The van der Waals surface area contributed by atoms with Crippen molar-refractivity contribution >= 4 is 34.4 Å². The number of imidazole rings is 1. The molecular weight excluding hydrogens is 372 g/mol. The van der Waals surface area contributed by atoms with Gasteiger partial charge in [0.25, 0.3) is 0 Å². The molecule has 0 aliphatic carbocycles. The number of aromatic nitrogens is 3. The van der Waals surface area contributed by atoms with Crippen LogP contribution in [0.1, 0.15) is 0 Å². The summed E-state index contributed by atoms with van der Waals surface area (Å²) in [6.45, 7) is 0. The zero-order chi connectivity index (χ0) is 19.3. The van der Waals surface area contributed by atoms with Gasteiger partial charge >= 0.3 is 0 Å². The lowest BCUT2D eigenvalue weighted by Crippen LogP contribution is -2.14. The van der Waals surface area contributed by atoms with Gasteiger partial charge in [-0.3, -0.25) is 4.79 Å². The molecule has 0 aliphatic rings. The van der Waals surface area contributed by atoms with E-state index < -0.39 is 0 Å². The Kier molecular flexibility index (Phi) is 5.25. The Morgan fingerprint density at radius 3 is 2.71 bits per heavy atom. The van der Waals surface area contributed by atoms with Crippen LogP contribution >= 0.6 is 11.8 Å². The highest BCUT2D eigenvalue weighted by molar-refractivity contribution is 7.99. The molecule has 0 aliphatic heterocycles. The number of nitrogens with zero attached hydrogens (tertiary/aromatic N) is 2. The van der Waals surface area contributed by atoms with Crippen LogP contribution < -0.4 is 10.1 Å². The van der Waals surface area contributed by atoms with E-state index in [2.05, 4.69) is 20.3 Å². The summed E-state index contributed by atoms with van der Waals surface area (Å²) in [6.07, 6.45) is 1.76. The van der Waals surface area contributed by atoms with Crippen molar-refractivity contribution in [3.63, 3.8) is 0 Å². The summed E-state index contributed by atoms with van der Waals surface area (Å²) in [5, 5.41) is 3.63. The zero-order valence-electron chi connectivity index (χ0n) is 15.2. The normalized spacial score (nSPS) is 10.8. The number of thioether (sulfide) groups is 1. The molecule has 2 aromatic heterocycles. The molecular formula is C21H18N4O2S. The van der Waals surface area contributed by atoms with Crippen LogP contribution in [-0.4, -0.2) is 33.7 Å². The number of amides is 1. The zero-order valence-corrected chi connectivity index (χ0v) is 16.0. The number of hydrogen-bond donors (Lipinski definition) is 2. The van der Waals surface area contributed by atoms with E-state index in [1.807, 2.05) is 54.6 Å². The molecule has 4 rings (SSSR count). The molecule has 0 radical (unpaired) electrons. The van der Waals surface area contributed by atoms with Crippen LogP contribution in [-0.2, 0) is 4.79 Å². The van der Waals surface area contributed by atoms with Crippen molar-refractivity contribution in [2.75, 3.05) is 18.2 Å². The van der Waals surface area contributed by atoms with E-state index in [1.165, 1.54) is 11.8 Å². The molecule has 6 nitrogen and oxygen atoms in total. The van der Waals surface area contributed by atoms with Gasteiger partial charge in [0, 0.05) is 11.8 Å². The van der Waals surface area contributed by atoms with Crippen LogP contribution in [0.2, 0.25) is 0 Å². The van der Waals surface area contributed by atoms with Crippen molar-refractivity contribution in [2.45, 2.75) is 5.03 Å². The molecule has 0 saturated carbocycles. The van der Waals surface area contributed by atoms with Crippen molar-refractivity contribution in [3.05, 3.63) is 66.9 Å². The maximum atomic E-state index is 12.2. The quantitative estimate of drug-likeness (QED) is 0.478. The highest BCUT2D eigenvalue weighted by Gasteiger charge is 2.09. The van der Waals surface area contributed by atoms with Crippen LogP contribution in [0.25, 0.3) is 22.4 Å². The van der Waals surface area contributed by atoms with E-state index in [9.17, 15) is 4.79 Å². The number of nitrogens with one attached hydrogen (secondary N) is 2. The minimum Gasteiger partial charge on any atom is -0.495 e. The van der Waals surface area contributed by atoms with Gasteiger partial charge in [0.05, 0.1) is 34.6 Å². The average Bonchev–Trinajstić information content (AvgIpc) is 3.17. The van der Waals surface area contributed by atoms with Crippen LogP contribution in [0.15, 0.2) is 71.9 Å². The summed E-state index contributed by atoms with van der Waals surface area (Å²) < 4.78 is 5.24. The number of hydrogen-bond acceptors (Lipinski definition) is 5. The van der Waals surface area contributed by atoms with E-state index in [0.29, 0.717) is 11.4 Å². The predicted octanol–water partition coefficient (Wildman–Crippen LogP) is 4.36. The maximum Gasteiger partial charge on any atom is 0.234 e. The molecule has 1 amide bonds. The molecule has 2 heterocycles. The molecule has 28 heavy (non-hydrogen) atoms. The number of methoxy groups -OCH3 is 1. The predicted molar refractivity (Wildman–Crippen MR) is 112 cm³/mol. The standard InChI is InChI=1S/C21H18N4O2S/c1-27-18-9-5-4-8-17(18)23-19(26)13-28-20-11-10-14(12-22-20)21-24-15-6-2-3-7-16(15)25-21/h2-12H,13H2,1H3,(H,23,26)(H,24,25). The van der Waals surface area contributed by atoms with Gasteiger partial charge < -0.3 is 15.0 Å². The number of rotatable bonds is 6. The Morgan fingerprint density at radius 2 is 1.93 bits per heavy atom. The maximum absolute atomic E-state index is 12.2. The molecule has 0 fully saturated rings. The summed E-state index contributed by atoms with van der Waals surface area (Å²) in [6, 6.07) is 19.1. The number of para-hydroxylation sites is 4. The van der Waals surface area contributed by atoms with Crippen molar-refractivity contribution in [1.82, 2.24) is 15.0 Å². The molecule has 2 N–H and O–H groups in total. The number of H-pyrrole nitrogens is 1. The summed E-state index contributed by atoms with van der Waals surface area (Å²) in [7, 11) is 1.58. The molecule has 2 aromatic carbocycles. The first kappa shape index (κ1) is 18.1. The lowest BCUT2D eigenvalue weighted by atomic mass is 10.3.